The summed E-state index contributed by atoms with van der Waals surface area (Å²) in [6, 6.07) is 99.7. The lowest BCUT2D eigenvalue weighted by molar-refractivity contribution is 0.436. The Bertz CT molecular complexity index is 6650. The minimum atomic E-state index is -1.15. The Labute approximate surface area is 541 Å². The van der Waals surface area contributed by atoms with Gasteiger partial charge in [0.2, 0.25) is 0 Å². The predicted octanol–water partition coefficient (Wildman–Crippen LogP) is 20.9. The van der Waals surface area contributed by atoms with Gasteiger partial charge in [-0.05, 0) is 145 Å². The van der Waals surface area contributed by atoms with Crippen LogP contribution in [-0.2, 0) is 5.41 Å². The minimum Gasteiger partial charge on any atom is -0.457 e. The van der Waals surface area contributed by atoms with Gasteiger partial charge in [-0.25, -0.2) is 4.85 Å². The number of nitrogens with zero attached hydrogens (tertiary/aromatic N) is 9. The van der Waals surface area contributed by atoms with Crippen LogP contribution in [0.4, 0.5) is 5.69 Å². The lowest BCUT2D eigenvalue weighted by atomic mass is 9.66. The Morgan fingerprint density at radius 3 is 1.04 bits per heavy atom. The van der Waals surface area contributed by atoms with E-state index in [4.69, 9.17) is 21.3 Å². The number of para-hydroxylation sites is 7. The van der Waals surface area contributed by atoms with Crippen molar-refractivity contribution in [2.45, 2.75) is 5.41 Å². The van der Waals surface area contributed by atoms with E-state index in [-0.39, 0.29) is 0 Å². The van der Waals surface area contributed by atoms with Crippen LogP contribution in [0, 0.1) is 17.9 Å². The van der Waals surface area contributed by atoms with E-state index in [0.29, 0.717) is 11.3 Å². The molecule has 0 amide bonds. The summed E-state index contributed by atoms with van der Waals surface area (Å²) in [6.07, 6.45) is 4.03. The second-order valence-electron chi connectivity index (χ2n) is 25.0. The zero-order valence-corrected chi connectivity index (χ0v) is 50.6. The van der Waals surface area contributed by atoms with Crippen molar-refractivity contribution in [1.29, 1.82) is 5.26 Å². The quantitative estimate of drug-likeness (QED) is 0.161. The van der Waals surface area contributed by atoms with Crippen molar-refractivity contribution >= 4 is 115 Å². The first-order chi connectivity index (χ1) is 47.0. The number of hydrogen-bond donors (Lipinski definition) is 0. The molecule has 7 aromatic heterocycles. The number of hydrogen-bond acceptors (Lipinski definition) is 4. The summed E-state index contributed by atoms with van der Waals surface area (Å²) in [5.41, 5.74) is 20.7. The average molecular weight is 1210 g/mol. The Kier molecular flexibility index (Phi) is 10.2. The zero-order chi connectivity index (χ0) is 62.4. The van der Waals surface area contributed by atoms with E-state index in [1.165, 1.54) is 10.8 Å². The number of nitriles is 1. The monoisotopic (exact) mass is 1210 g/mol. The Morgan fingerprint density at radius 2 is 0.632 bits per heavy atom. The predicted molar refractivity (Wildman–Crippen MR) is 382 cm³/mol. The molecule has 10 nitrogen and oxygen atoms in total. The molecule has 1 unspecified atom stereocenters. The fourth-order valence-corrected chi connectivity index (χ4v) is 16.6. The normalized spacial score (nSPS) is 14.0. The number of aromatic nitrogens is 7. The number of ether oxygens (including phenoxy) is 1. The van der Waals surface area contributed by atoms with Crippen LogP contribution in [0.1, 0.15) is 27.8 Å². The number of rotatable bonds is 5. The van der Waals surface area contributed by atoms with E-state index < -0.39 is 5.41 Å². The molecule has 8 heterocycles. The molecule has 19 aromatic rings. The summed E-state index contributed by atoms with van der Waals surface area (Å²) < 4.78 is 19.3. The first-order valence-corrected chi connectivity index (χ1v) is 31.9. The van der Waals surface area contributed by atoms with Crippen LogP contribution in [0.3, 0.4) is 0 Å². The summed E-state index contributed by atoms with van der Waals surface area (Å²) in [5, 5.41) is 21.1. The summed E-state index contributed by atoms with van der Waals surface area (Å²) in [5.74, 6) is 1.44. The van der Waals surface area contributed by atoms with Crippen molar-refractivity contribution in [3.63, 3.8) is 0 Å². The molecule has 1 aliphatic heterocycles. The standard InChI is InChI=1S/C85H47N9O/c1-87-51-31-36-79-65(41-51)62-21-7-15-29-77(62)94(79)56-46-70-84(89-49-56)83-69(45-55(48-88-83)93-73-25-11-4-18-59(73)60-19-5-12-26-74(60)93)85(70)67-43-53(91-71-23-9-2-16-57(71)58-17-3-10-24-72(58)91)33-38-81(67)95-82-39-34-54(44-68(82)85)92-76-28-14-8-22-63(76)66-42-52(32-37-80(66)92)90-75-27-13-6-20-61(75)64-40-50(47-86)30-35-78(64)90/h2-46,48-49H. The minimum absolute atomic E-state index is 0.583. The molecule has 10 heteroatoms. The van der Waals surface area contributed by atoms with Crippen LogP contribution in [0.25, 0.3) is 154 Å². The molecule has 1 atom stereocenters. The average Bonchev–Trinajstić information content (AvgIpc) is 1.57. The van der Waals surface area contributed by atoms with E-state index in [1.54, 1.807) is 0 Å². The highest BCUT2D eigenvalue weighted by atomic mass is 16.5. The van der Waals surface area contributed by atoms with Crippen molar-refractivity contribution in [3.05, 3.63) is 325 Å². The molecular formula is C85H47N9O. The molecule has 1 aliphatic carbocycles. The number of fused-ring (bicyclic) bond motifs is 24. The van der Waals surface area contributed by atoms with Crippen molar-refractivity contribution in [3.8, 4) is 57.4 Å². The highest BCUT2D eigenvalue weighted by Crippen LogP contribution is 2.63. The molecule has 0 fully saturated rings. The number of pyridine rings is 2. The van der Waals surface area contributed by atoms with E-state index in [2.05, 4.69) is 282 Å². The van der Waals surface area contributed by atoms with Crippen LogP contribution in [-0.4, -0.2) is 32.8 Å². The van der Waals surface area contributed by atoms with E-state index in [1.807, 2.05) is 36.7 Å². The van der Waals surface area contributed by atoms with Gasteiger partial charge in [0.15, 0.2) is 5.69 Å². The van der Waals surface area contributed by atoms with Gasteiger partial charge in [0.05, 0.1) is 114 Å². The third kappa shape index (κ3) is 6.83. The van der Waals surface area contributed by atoms with Gasteiger partial charge in [-0.2, -0.15) is 5.26 Å². The molecule has 21 rings (SSSR count). The van der Waals surface area contributed by atoms with Gasteiger partial charge in [0.1, 0.15) is 11.5 Å². The molecule has 95 heavy (non-hydrogen) atoms. The summed E-state index contributed by atoms with van der Waals surface area (Å²) in [4.78, 5) is 15.2. The van der Waals surface area contributed by atoms with Crippen LogP contribution in [0.5, 0.6) is 11.5 Å². The summed E-state index contributed by atoms with van der Waals surface area (Å²) in [6.45, 7) is 8.07. The summed E-state index contributed by atoms with van der Waals surface area (Å²) in [7, 11) is 0. The van der Waals surface area contributed by atoms with E-state index >= 15 is 0 Å². The maximum Gasteiger partial charge on any atom is 0.188 e. The molecule has 0 N–H and O–H groups in total. The smallest absolute Gasteiger partial charge is 0.188 e. The van der Waals surface area contributed by atoms with E-state index in [9.17, 15) is 5.26 Å². The Hall–Kier alpha value is -13.3. The fourth-order valence-electron chi connectivity index (χ4n) is 16.6. The van der Waals surface area contributed by atoms with Gasteiger partial charge in [0.25, 0.3) is 0 Å². The van der Waals surface area contributed by atoms with Gasteiger partial charge < -0.3 is 27.6 Å². The van der Waals surface area contributed by atoms with Gasteiger partial charge in [-0.3, -0.25) is 9.97 Å². The number of benzene rings is 12. The molecule has 0 radical (unpaired) electrons. The summed E-state index contributed by atoms with van der Waals surface area (Å²) >= 11 is 0. The van der Waals surface area contributed by atoms with Crippen molar-refractivity contribution in [1.82, 2.24) is 32.8 Å². The zero-order valence-electron chi connectivity index (χ0n) is 50.6. The Balaban J connectivity index is 0.878. The first kappa shape index (κ1) is 51.5. The van der Waals surface area contributed by atoms with Crippen molar-refractivity contribution in [2.75, 3.05) is 0 Å². The fraction of sp³-hybridized carbons (Fsp3) is 0.0118. The van der Waals surface area contributed by atoms with Crippen molar-refractivity contribution in [2.24, 2.45) is 0 Å². The molecule has 2 aliphatic rings. The van der Waals surface area contributed by atoms with Gasteiger partial charge >= 0.3 is 0 Å². The lowest BCUT2D eigenvalue weighted by Gasteiger charge is -2.39. The largest absolute Gasteiger partial charge is 0.457 e. The molecule has 0 saturated carbocycles. The highest BCUT2D eigenvalue weighted by molar-refractivity contribution is 6.15. The second-order valence-corrected chi connectivity index (χ2v) is 25.0. The first-order valence-electron chi connectivity index (χ1n) is 31.9. The molecule has 12 aromatic carbocycles. The molecule has 0 bridgehead atoms. The van der Waals surface area contributed by atoms with Crippen molar-refractivity contribution < 1.29 is 4.74 Å². The third-order valence-electron chi connectivity index (χ3n) is 20.4. The van der Waals surface area contributed by atoms with Gasteiger partial charge in [-0.1, -0.05) is 133 Å². The van der Waals surface area contributed by atoms with Crippen LogP contribution >= 0.6 is 0 Å². The maximum atomic E-state index is 10.0. The second kappa shape index (κ2) is 18.9. The molecule has 438 valence electrons. The SMILES string of the molecule is [C-]#[N+]c1ccc2c(c1)c1ccccc1n2-c1cnc2c(c1)C1(c3cc(-n4c5ccccc5c5ccccc54)ccc3Oc3ccc(-n4c5ccccc5c5cc(-n6c7ccccc7c7cc(C#N)ccc76)ccc54)cc31)c1cc(-n3c4ccccc4c4ccccc43)cnc1-2. The third-order valence-corrected chi connectivity index (χ3v) is 20.4. The highest BCUT2D eigenvalue weighted by Gasteiger charge is 2.54. The van der Waals surface area contributed by atoms with Crippen LogP contribution in [0.2, 0.25) is 0 Å². The van der Waals surface area contributed by atoms with Gasteiger partial charge in [-0.15, -0.1) is 0 Å². The van der Waals surface area contributed by atoms with Crippen LogP contribution < -0.4 is 4.74 Å². The topological polar surface area (TPSA) is 87.8 Å². The van der Waals surface area contributed by atoms with Gasteiger partial charge in [0, 0.05) is 87.8 Å². The van der Waals surface area contributed by atoms with E-state index in [0.717, 1.165) is 172 Å². The maximum absolute atomic E-state index is 10.0. The molecule has 0 saturated heterocycles. The Morgan fingerprint density at radius 1 is 0.316 bits per heavy atom. The van der Waals surface area contributed by atoms with Crippen LogP contribution in [0.15, 0.2) is 285 Å². The molecule has 1 spiro atoms. The lowest BCUT2D eigenvalue weighted by Crippen LogP contribution is -2.33. The molecular weight excluding hydrogens is 1160 g/mol.